The Labute approximate surface area is 157 Å². The fourth-order valence-electron chi connectivity index (χ4n) is 3.80. The minimum atomic E-state index is -0.223. The van der Waals surface area contributed by atoms with Gasteiger partial charge >= 0.3 is 0 Å². The van der Waals surface area contributed by atoms with Crippen molar-refractivity contribution in [1.82, 2.24) is 9.55 Å². The molecule has 27 heavy (non-hydrogen) atoms. The Balaban J connectivity index is 1.86. The number of nitrogens with zero attached hydrogens (tertiary/aromatic N) is 3. The number of carbonyl (C=O) groups is 1. The van der Waals surface area contributed by atoms with Gasteiger partial charge in [-0.15, -0.1) is 0 Å². The Bertz CT molecular complexity index is 1080. The Morgan fingerprint density at radius 2 is 2.07 bits per heavy atom. The van der Waals surface area contributed by atoms with Gasteiger partial charge in [-0.05, 0) is 37.3 Å². The molecule has 1 aromatic carbocycles. The summed E-state index contributed by atoms with van der Waals surface area (Å²) in [5, 5.41) is 0.281. The SMILES string of the molecule is Cc1oc2ncn(CC(C)C)c(=O)c2c1C(=O)N1CCCc2ccccc21. The number of benzene rings is 1. The molecular formula is C21H23N3O3. The molecular weight excluding hydrogens is 342 g/mol. The van der Waals surface area contributed by atoms with Crippen molar-refractivity contribution in [3.8, 4) is 0 Å². The van der Waals surface area contributed by atoms with Crippen molar-refractivity contribution in [3.63, 3.8) is 0 Å². The molecule has 6 nitrogen and oxygen atoms in total. The molecule has 0 fully saturated rings. The zero-order valence-corrected chi connectivity index (χ0v) is 15.9. The van der Waals surface area contributed by atoms with E-state index in [1.54, 1.807) is 16.4 Å². The minimum Gasteiger partial charge on any atom is -0.442 e. The second kappa shape index (κ2) is 6.68. The zero-order valence-electron chi connectivity index (χ0n) is 15.9. The minimum absolute atomic E-state index is 0.195. The normalized spacial score (nSPS) is 14.0. The first kappa shape index (κ1) is 17.5. The summed E-state index contributed by atoms with van der Waals surface area (Å²) in [4.78, 5) is 32.5. The molecule has 0 saturated carbocycles. The fourth-order valence-corrected chi connectivity index (χ4v) is 3.80. The number of para-hydroxylation sites is 1. The number of hydrogen-bond acceptors (Lipinski definition) is 4. The van der Waals surface area contributed by atoms with Crippen LogP contribution >= 0.6 is 0 Å². The van der Waals surface area contributed by atoms with Crippen molar-refractivity contribution in [2.24, 2.45) is 5.92 Å². The quantitative estimate of drug-likeness (QED) is 0.712. The molecule has 0 N–H and O–H groups in total. The summed E-state index contributed by atoms with van der Waals surface area (Å²) in [6.07, 6.45) is 3.35. The number of aromatic nitrogens is 2. The van der Waals surface area contributed by atoms with Gasteiger partial charge in [0.2, 0.25) is 5.71 Å². The van der Waals surface area contributed by atoms with Gasteiger partial charge in [-0.25, -0.2) is 4.98 Å². The third-order valence-corrected chi connectivity index (χ3v) is 4.99. The summed E-state index contributed by atoms with van der Waals surface area (Å²) < 4.78 is 7.23. The van der Waals surface area contributed by atoms with Crippen LogP contribution in [-0.4, -0.2) is 22.0 Å². The molecule has 3 aromatic rings. The van der Waals surface area contributed by atoms with Gasteiger partial charge in [0.15, 0.2) is 0 Å². The molecule has 0 aliphatic carbocycles. The summed E-state index contributed by atoms with van der Waals surface area (Å²) in [7, 11) is 0. The molecule has 0 unspecified atom stereocenters. The van der Waals surface area contributed by atoms with Crippen LogP contribution < -0.4 is 10.5 Å². The third-order valence-electron chi connectivity index (χ3n) is 4.99. The topological polar surface area (TPSA) is 68.3 Å². The molecule has 0 saturated heterocycles. The number of hydrogen-bond donors (Lipinski definition) is 0. The summed E-state index contributed by atoms with van der Waals surface area (Å²) in [5.74, 6) is 0.535. The fraction of sp³-hybridized carbons (Fsp3) is 0.381. The Morgan fingerprint density at radius 1 is 1.30 bits per heavy atom. The predicted molar refractivity (Wildman–Crippen MR) is 104 cm³/mol. The predicted octanol–water partition coefficient (Wildman–Crippen LogP) is 3.55. The van der Waals surface area contributed by atoms with Crippen LogP contribution in [0, 0.1) is 12.8 Å². The van der Waals surface area contributed by atoms with Crippen molar-refractivity contribution in [2.45, 2.75) is 40.2 Å². The standard InChI is InChI=1S/C21H23N3O3/c1-13(2)11-23-12-22-19-18(20(23)25)17(14(3)27-19)21(26)24-10-6-8-15-7-4-5-9-16(15)24/h4-5,7,9,12-13H,6,8,10-11H2,1-3H3. The molecule has 140 valence electrons. The summed E-state index contributed by atoms with van der Waals surface area (Å²) in [5.41, 5.74) is 2.40. The highest BCUT2D eigenvalue weighted by Crippen LogP contribution is 2.30. The highest BCUT2D eigenvalue weighted by Gasteiger charge is 2.29. The molecule has 1 aliphatic rings. The van der Waals surface area contributed by atoms with Crippen LogP contribution in [-0.2, 0) is 13.0 Å². The Hall–Kier alpha value is -2.89. The lowest BCUT2D eigenvalue weighted by molar-refractivity contribution is 0.0985. The average Bonchev–Trinajstić information content (AvgIpc) is 2.99. The highest BCUT2D eigenvalue weighted by atomic mass is 16.3. The maximum atomic E-state index is 13.4. The van der Waals surface area contributed by atoms with E-state index < -0.39 is 0 Å². The molecule has 0 bridgehead atoms. The van der Waals surface area contributed by atoms with Gasteiger partial charge in [-0.2, -0.15) is 0 Å². The summed E-state index contributed by atoms with van der Waals surface area (Å²) in [6, 6.07) is 7.92. The van der Waals surface area contributed by atoms with Crippen molar-refractivity contribution in [3.05, 3.63) is 57.8 Å². The van der Waals surface area contributed by atoms with Crippen LogP contribution in [0.1, 0.15) is 41.9 Å². The largest absolute Gasteiger partial charge is 0.442 e. The van der Waals surface area contributed by atoms with Crippen LogP contribution in [0.3, 0.4) is 0 Å². The zero-order chi connectivity index (χ0) is 19.1. The van der Waals surface area contributed by atoms with Gasteiger partial charge in [0.05, 0.1) is 5.56 Å². The maximum Gasteiger partial charge on any atom is 0.265 e. The lowest BCUT2D eigenvalue weighted by Crippen LogP contribution is -2.36. The smallest absolute Gasteiger partial charge is 0.265 e. The Kier molecular flexibility index (Phi) is 4.34. The third kappa shape index (κ3) is 2.95. The summed E-state index contributed by atoms with van der Waals surface area (Å²) in [6.45, 7) is 6.97. The highest BCUT2D eigenvalue weighted by molar-refractivity contribution is 6.14. The molecule has 1 aliphatic heterocycles. The molecule has 1 amide bonds. The van der Waals surface area contributed by atoms with Gasteiger partial charge in [-0.3, -0.25) is 14.2 Å². The maximum absolute atomic E-state index is 13.4. The van der Waals surface area contributed by atoms with E-state index in [4.69, 9.17) is 4.42 Å². The van der Waals surface area contributed by atoms with Crippen LogP contribution in [0.25, 0.3) is 11.1 Å². The van der Waals surface area contributed by atoms with Gasteiger partial charge in [0.1, 0.15) is 17.5 Å². The lowest BCUT2D eigenvalue weighted by Gasteiger charge is -2.29. The van der Waals surface area contributed by atoms with Gasteiger partial charge in [-0.1, -0.05) is 32.0 Å². The van der Waals surface area contributed by atoms with E-state index in [0.29, 0.717) is 30.3 Å². The second-order valence-corrected chi connectivity index (χ2v) is 7.50. The van der Waals surface area contributed by atoms with Gasteiger partial charge in [0, 0.05) is 18.8 Å². The van der Waals surface area contributed by atoms with E-state index in [9.17, 15) is 9.59 Å². The monoisotopic (exact) mass is 365 g/mol. The molecule has 4 rings (SSSR count). The summed E-state index contributed by atoms with van der Waals surface area (Å²) >= 11 is 0. The van der Waals surface area contributed by atoms with Crippen molar-refractivity contribution in [2.75, 3.05) is 11.4 Å². The number of rotatable bonds is 3. The van der Waals surface area contributed by atoms with Crippen molar-refractivity contribution >= 4 is 22.7 Å². The number of carbonyl (C=O) groups excluding carboxylic acids is 1. The van der Waals surface area contributed by atoms with Crippen molar-refractivity contribution in [1.29, 1.82) is 0 Å². The van der Waals surface area contributed by atoms with Gasteiger partial charge in [0.25, 0.3) is 11.5 Å². The van der Waals surface area contributed by atoms with Gasteiger partial charge < -0.3 is 9.32 Å². The van der Waals surface area contributed by atoms with Crippen LogP contribution in [0.4, 0.5) is 5.69 Å². The molecule has 6 heteroatoms. The second-order valence-electron chi connectivity index (χ2n) is 7.50. The first-order valence-electron chi connectivity index (χ1n) is 9.35. The molecule has 0 spiro atoms. The van der Waals surface area contributed by atoms with E-state index in [-0.39, 0.29) is 22.6 Å². The number of furan rings is 1. The van der Waals surface area contributed by atoms with E-state index in [1.165, 1.54) is 6.33 Å². The molecule has 0 radical (unpaired) electrons. The lowest BCUT2D eigenvalue weighted by atomic mass is 10.0. The number of amides is 1. The van der Waals surface area contributed by atoms with Crippen molar-refractivity contribution < 1.29 is 9.21 Å². The van der Waals surface area contributed by atoms with Crippen LogP contribution in [0.15, 0.2) is 39.8 Å². The first-order chi connectivity index (χ1) is 13.0. The van der Waals surface area contributed by atoms with E-state index in [1.807, 2.05) is 38.1 Å². The number of aryl methyl sites for hydroxylation is 2. The average molecular weight is 365 g/mol. The number of fused-ring (bicyclic) bond motifs is 2. The Morgan fingerprint density at radius 3 is 2.85 bits per heavy atom. The first-order valence-corrected chi connectivity index (χ1v) is 9.35. The van der Waals surface area contributed by atoms with E-state index in [2.05, 4.69) is 4.98 Å². The van der Waals surface area contributed by atoms with E-state index in [0.717, 1.165) is 24.1 Å². The van der Waals surface area contributed by atoms with E-state index >= 15 is 0 Å². The number of anilines is 1. The molecule has 3 heterocycles. The van der Waals surface area contributed by atoms with Crippen LogP contribution in [0.2, 0.25) is 0 Å². The van der Waals surface area contributed by atoms with Crippen LogP contribution in [0.5, 0.6) is 0 Å². The molecule has 0 atom stereocenters. The molecule has 2 aromatic heterocycles.